The van der Waals surface area contributed by atoms with Gasteiger partial charge in [0.2, 0.25) is 0 Å². The number of fused-ring (bicyclic) bond motifs is 7. The third kappa shape index (κ3) is 3.64. The number of nitrogens with zero attached hydrogens (tertiary/aromatic N) is 1. The summed E-state index contributed by atoms with van der Waals surface area (Å²) in [5, 5.41) is 8.71. The predicted octanol–water partition coefficient (Wildman–Crippen LogP) is 5.44. The molecule has 0 spiro atoms. The Morgan fingerprint density at radius 2 is 1.38 bits per heavy atom. The van der Waals surface area contributed by atoms with Gasteiger partial charge in [0.1, 0.15) is 0 Å². The monoisotopic (exact) mass is 464 g/mol. The van der Waals surface area contributed by atoms with Crippen LogP contribution in [0.25, 0.3) is 21.5 Å². The van der Waals surface area contributed by atoms with Crippen molar-refractivity contribution in [2.45, 2.75) is 51.2 Å². The first-order chi connectivity index (χ1) is 16.6. The molecule has 5 rings (SSSR count). The van der Waals surface area contributed by atoms with Crippen molar-refractivity contribution < 1.29 is 18.9 Å². The van der Waals surface area contributed by atoms with E-state index in [-0.39, 0.29) is 6.04 Å². The molecule has 1 saturated heterocycles. The molecule has 6 nitrogen and oxygen atoms in total. The van der Waals surface area contributed by atoms with Crippen LogP contribution in [0, 0.1) is 0 Å². The summed E-state index contributed by atoms with van der Waals surface area (Å²) in [6, 6.07) is 9.34. The molecule has 0 saturated carbocycles. The van der Waals surface area contributed by atoms with E-state index in [1.54, 1.807) is 28.4 Å². The molecule has 0 aliphatic carbocycles. The molecule has 3 aromatic rings. The summed E-state index contributed by atoms with van der Waals surface area (Å²) in [7, 11) is 6.80. The van der Waals surface area contributed by atoms with Gasteiger partial charge in [-0.3, -0.25) is 4.90 Å². The lowest BCUT2D eigenvalue weighted by molar-refractivity contribution is 0.180. The predicted molar refractivity (Wildman–Crippen MR) is 137 cm³/mol. The smallest absolute Gasteiger partial charge is 0.161 e. The second-order valence-electron chi connectivity index (χ2n) is 9.36. The fourth-order valence-electron chi connectivity index (χ4n) is 6.00. The highest BCUT2D eigenvalue weighted by atomic mass is 16.5. The van der Waals surface area contributed by atoms with Crippen molar-refractivity contribution >= 4 is 21.5 Å². The summed E-state index contributed by atoms with van der Waals surface area (Å²) in [5.41, 5.74) is 2.78. The summed E-state index contributed by atoms with van der Waals surface area (Å²) in [4.78, 5) is 2.66. The molecule has 3 aromatic carbocycles. The molecule has 1 fully saturated rings. The van der Waals surface area contributed by atoms with Crippen LogP contribution in [0.4, 0.5) is 0 Å². The Morgan fingerprint density at radius 3 is 1.97 bits per heavy atom. The lowest BCUT2D eigenvalue weighted by Crippen LogP contribution is -2.45. The van der Waals surface area contributed by atoms with Crippen LogP contribution >= 0.6 is 0 Å². The molecule has 0 radical (unpaired) electrons. The quantitative estimate of drug-likeness (QED) is 0.354. The molecular formula is C28H36N2O4. The van der Waals surface area contributed by atoms with Gasteiger partial charge in [-0.2, -0.15) is 0 Å². The summed E-state index contributed by atoms with van der Waals surface area (Å²) < 4.78 is 22.9. The van der Waals surface area contributed by atoms with E-state index in [1.807, 2.05) is 0 Å². The Morgan fingerprint density at radius 1 is 0.824 bits per heavy atom. The zero-order valence-electron chi connectivity index (χ0n) is 21.0. The zero-order valence-corrected chi connectivity index (χ0v) is 21.0. The van der Waals surface area contributed by atoms with Gasteiger partial charge in [0, 0.05) is 18.6 Å². The van der Waals surface area contributed by atoms with E-state index < -0.39 is 0 Å². The van der Waals surface area contributed by atoms with Gasteiger partial charge in [0.25, 0.3) is 0 Å². The third-order valence-corrected chi connectivity index (χ3v) is 7.64. The molecule has 2 atom stereocenters. The molecular weight excluding hydrogens is 428 g/mol. The summed E-state index contributed by atoms with van der Waals surface area (Å²) in [6.07, 6.45) is 4.82. The number of hydrogen-bond acceptors (Lipinski definition) is 6. The number of unbranched alkanes of at least 4 members (excludes halogenated alkanes) is 1. The van der Waals surface area contributed by atoms with Gasteiger partial charge >= 0.3 is 0 Å². The van der Waals surface area contributed by atoms with Crippen molar-refractivity contribution in [1.82, 2.24) is 10.2 Å². The Bertz CT molecular complexity index is 1210. The van der Waals surface area contributed by atoms with Crippen LogP contribution in [0.5, 0.6) is 23.0 Å². The Labute approximate surface area is 202 Å². The first-order valence-corrected chi connectivity index (χ1v) is 12.4. The van der Waals surface area contributed by atoms with Gasteiger partial charge in [-0.05, 0) is 89.3 Å². The van der Waals surface area contributed by atoms with E-state index in [4.69, 9.17) is 18.9 Å². The molecule has 34 heavy (non-hydrogen) atoms. The van der Waals surface area contributed by atoms with Crippen LogP contribution < -0.4 is 24.3 Å². The summed E-state index contributed by atoms with van der Waals surface area (Å²) in [6.45, 7) is 5.36. The van der Waals surface area contributed by atoms with Crippen molar-refractivity contribution in [1.29, 1.82) is 0 Å². The molecule has 0 amide bonds. The number of hydrogen-bond donors (Lipinski definition) is 1. The fraction of sp³-hybridized carbons (Fsp3) is 0.500. The van der Waals surface area contributed by atoms with Gasteiger partial charge in [-0.15, -0.1) is 0 Å². The van der Waals surface area contributed by atoms with Crippen LogP contribution in [0.2, 0.25) is 0 Å². The first-order valence-electron chi connectivity index (χ1n) is 12.4. The molecule has 2 heterocycles. The van der Waals surface area contributed by atoms with E-state index >= 15 is 0 Å². The van der Waals surface area contributed by atoms with Crippen LogP contribution in [0.3, 0.4) is 0 Å². The molecule has 0 bridgehead atoms. The molecule has 2 aliphatic rings. The van der Waals surface area contributed by atoms with Crippen LogP contribution in [-0.2, 0) is 6.54 Å². The van der Waals surface area contributed by atoms with Gasteiger partial charge in [-0.1, -0.05) is 13.3 Å². The van der Waals surface area contributed by atoms with E-state index in [0.717, 1.165) is 53.4 Å². The maximum atomic E-state index is 5.75. The first kappa shape index (κ1) is 23.1. The maximum Gasteiger partial charge on any atom is 0.161 e. The lowest BCUT2D eigenvalue weighted by Gasteiger charge is -2.40. The van der Waals surface area contributed by atoms with E-state index in [2.05, 4.69) is 41.4 Å². The zero-order chi connectivity index (χ0) is 23.8. The largest absolute Gasteiger partial charge is 0.493 e. The summed E-state index contributed by atoms with van der Waals surface area (Å²) >= 11 is 0. The number of benzene rings is 3. The maximum absolute atomic E-state index is 5.75. The normalized spacial score (nSPS) is 19.8. The molecule has 0 unspecified atom stereocenters. The Balaban J connectivity index is 1.87. The van der Waals surface area contributed by atoms with E-state index in [9.17, 15) is 0 Å². The highest BCUT2D eigenvalue weighted by Gasteiger charge is 2.39. The topological polar surface area (TPSA) is 52.2 Å². The average molecular weight is 465 g/mol. The molecule has 0 aromatic heterocycles. The second-order valence-corrected chi connectivity index (χ2v) is 9.36. The van der Waals surface area contributed by atoms with Crippen molar-refractivity contribution in [2.24, 2.45) is 0 Å². The van der Waals surface area contributed by atoms with Crippen molar-refractivity contribution in [3.63, 3.8) is 0 Å². The van der Waals surface area contributed by atoms with Gasteiger partial charge in [-0.25, -0.2) is 0 Å². The van der Waals surface area contributed by atoms with Gasteiger partial charge < -0.3 is 24.3 Å². The van der Waals surface area contributed by atoms with E-state index in [1.165, 1.54) is 47.6 Å². The third-order valence-electron chi connectivity index (χ3n) is 7.64. The van der Waals surface area contributed by atoms with Crippen molar-refractivity contribution in [3.05, 3.63) is 35.4 Å². The highest BCUT2D eigenvalue weighted by molar-refractivity contribution is 6.13. The number of methoxy groups -OCH3 is 4. The molecule has 1 N–H and O–H groups in total. The van der Waals surface area contributed by atoms with Gasteiger partial charge in [0.15, 0.2) is 23.0 Å². The minimum Gasteiger partial charge on any atom is -0.493 e. The Kier molecular flexibility index (Phi) is 6.45. The molecule has 2 aliphatic heterocycles. The lowest BCUT2D eigenvalue weighted by atomic mass is 9.81. The van der Waals surface area contributed by atoms with Crippen molar-refractivity contribution in [3.8, 4) is 23.0 Å². The number of nitrogens with one attached hydrogen (secondary N) is 1. The molecule has 182 valence electrons. The van der Waals surface area contributed by atoms with Gasteiger partial charge in [0.05, 0.1) is 28.4 Å². The molecule has 6 heteroatoms. The highest BCUT2D eigenvalue weighted by Crippen LogP contribution is 2.49. The van der Waals surface area contributed by atoms with Crippen molar-refractivity contribution in [2.75, 3.05) is 41.5 Å². The van der Waals surface area contributed by atoms with Crippen LogP contribution in [0.15, 0.2) is 24.3 Å². The second kappa shape index (κ2) is 9.51. The standard InChI is InChI=1S/C28H36N2O4/c1-6-7-10-29-28-22-9-8-11-30(22)16-21-19-14-25(33-4)23(31-2)12-17(19)18-13-24(32-3)26(34-5)15-20(18)27(21)28/h12-15,22,28-29H,6-11,16H2,1-5H3/t22-,28+/m0/s1. The SMILES string of the molecule is CCCCN[C@H]1c2c(c3cc(OC)c(OC)cc3c3cc(OC)c(OC)cc23)CN2CCC[C@@H]12. The number of rotatable bonds is 8. The minimum atomic E-state index is 0.274. The minimum absolute atomic E-state index is 0.274. The van der Waals surface area contributed by atoms with Crippen LogP contribution in [-0.4, -0.2) is 52.5 Å². The van der Waals surface area contributed by atoms with Crippen LogP contribution in [0.1, 0.15) is 49.8 Å². The Hall–Kier alpha value is -2.70. The average Bonchev–Trinajstić information content (AvgIpc) is 3.35. The van der Waals surface area contributed by atoms with E-state index in [0.29, 0.717) is 6.04 Å². The fourth-order valence-corrected chi connectivity index (χ4v) is 6.00. The summed E-state index contributed by atoms with van der Waals surface area (Å²) in [5.74, 6) is 2.99. The number of ether oxygens (including phenoxy) is 4.